The van der Waals surface area contributed by atoms with E-state index in [1.807, 2.05) is 18.2 Å². The molecular formula is C21H36O2. The maximum Gasteiger partial charge on any atom is 0.177 e. The first kappa shape index (κ1) is 20.0. The first-order valence-electron chi connectivity index (χ1n) is 9.86. The Morgan fingerprint density at radius 1 is 0.783 bits per heavy atom. The van der Waals surface area contributed by atoms with Gasteiger partial charge in [-0.3, -0.25) is 4.79 Å². The fourth-order valence-corrected chi connectivity index (χ4v) is 3.03. The van der Waals surface area contributed by atoms with Crippen molar-refractivity contribution in [3.8, 4) is 0 Å². The third-order valence-electron chi connectivity index (χ3n) is 4.54. The van der Waals surface area contributed by atoms with E-state index in [0.717, 1.165) is 6.42 Å². The molecule has 0 spiro atoms. The van der Waals surface area contributed by atoms with Crippen molar-refractivity contribution in [3.05, 3.63) is 24.5 Å². The smallest absolute Gasteiger partial charge is 0.177 e. The van der Waals surface area contributed by atoms with Gasteiger partial charge < -0.3 is 4.74 Å². The second-order valence-electron chi connectivity index (χ2n) is 6.73. The van der Waals surface area contributed by atoms with Crippen LogP contribution in [0, 0.1) is 0 Å². The molecule has 0 bridgehead atoms. The highest BCUT2D eigenvalue weighted by atomic mass is 16.5. The Hall–Kier alpha value is -1.05. The average molecular weight is 321 g/mol. The lowest BCUT2D eigenvalue weighted by Crippen LogP contribution is -2.20. The third-order valence-corrected chi connectivity index (χ3v) is 4.54. The second kappa shape index (κ2) is 14.5. The van der Waals surface area contributed by atoms with Gasteiger partial charge in [0.25, 0.3) is 0 Å². The number of carbonyl (C=O) groups excluding carboxylic acids is 1. The molecule has 2 nitrogen and oxygen atoms in total. The van der Waals surface area contributed by atoms with E-state index in [-0.39, 0.29) is 11.9 Å². The van der Waals surface area contributed by atoms with Gasteiger partial charge >= 0.3 is 0 Å². The number of allylic oxidation sites excluding steroid dienone is 2. The number of hydrogen-bond donors (Lipinski definition) is 0. The van der Waals surface area contributed by atoms with Crippen LogP contribution in [0.25, 0.3) is 0 Å². The molecule has 0 saturated carbocycles. The van der Waals surface area contributed by atoms with Crippen molar-refractivity contribution in [1.29, 1.82) is 0 Å². The largest absolute Gasteiger partial charge is 0.486 e. The monoisotopic (exact) mass is 320 g/mol. The third kappa shape index (κ3) is 11.2. The Morgan fingerprint density at radius 2 is 1.30 bits per heavy atom. The topological polar surface area (TPSA) is 26.3 Å². The van der Waals surface area contributed by atoms with Crippen LogP contribution in [-0.2, 0) is 9.53 Å². The summed E-state index contributed by atoms with van der Waals surface area (Å²) in [6.07, 6.45) is 24.8. The van der Waals surface area contributed by atoms with Crippen LogP contribution in [0.3, 0.4) is 0 Å². The molecule has 0 amide bonds. The van der Waals surface area contributed by atoms with E-state index in [2.05, 4.69) is 6.92 Å². The van der Waals surface area contributed by atoms with Crippen LogP contribution in [-0.4, -0.2) is 11.9 Å². The Balaban J connectivity index is 1.78. The van der Waals surface area contributed by atoms with Crippen LogP contribution in [0.1, 0.15) is 96.8 Å². The van der Waals surface area contributed by atoms with Crippen LogP contribution in [0.2, 0.25) is 0 Å². The number of ketones is 1. The van der Waals surface area contributed by atoms with Crippen molar-refractivity contribution in [1.82, 2.24) is 0 Å². The van der Waals surface area contributed by atoms with Gasteiger partial charge in [0.05, 0.1) is 6.26 Å². The van der Waals surface area contributed by atoms with E-state index in [4.69, 9.17) is 4.74 Å². The zero-order valence-electron chi connectivity index (χ0n) is 15.1. The maximum atomic E-state index is 11.9. The van der Waals surface area contributed by atoms with Gasteiger partial charge in [-0.2, -0.15) is 0 Å². The summed E-state index contributed by atoms with van der Waals surface area (Å²) in [6, 6.07) is 0. The Kier molecular flexibility index (Phi) is 12.6. The summed E-state index contributed by atoms with van der Waals surface area (Å²) in [5.41, 5.74) is 0. The van der Waals surface area contributed by atoms with Crippen molar-refractivity contribution in [2.45, 2.75) is 103 Å². The van der Waals surface area contributed by atoms with Crippen LogP contribution in [0.4, 0.5) is 0 Å². The van der Waals surface area contributed by atoms with Crippen molar-refractivity contribution >= 4 is 5.78 Å². The zero-order valence-corrected chi connectivity index (χ0v) is 15.1. The number of ether oxygens (including phenoxy) is 1. The molecule has 1 atom stereocenters. The molecule has 0 saturated heterocycles. The molecule has 1 aliphatic heterocycles. The minimum absolute atomic E-state index is 0.216. The molecule has 132 valence electrons. The molecule has 2 heteroatoms. The predicted octanol–water partition coefficient (Wildman–Crippen LogP) is 6.51. The second-order valence-corrected chi connectivity index (χ2v) is 6.73. The van der Waals surface area contributed by atoms with Gasteiger partial charge in [0.1, 0.15) is 0 Å². The lowest BCUT2D eigenvalue weighted by molar-refractivity contribution is -0.125. The normalized spacial score (nSPS) is 16.5. The minimum atomic E-state index is -0.336. The van der Waals surface area contributed by atoms with Crippen molar-refractivity contribution < 1.29 is 9.53 Å². The van der Waals surface area contributed by atoms with Crippen LogP contribution in [0.5, 0.6) is 0 Å². The van der Waals surface area contributed by atoms with Crippen LogP contribution in [0.15, 0.2) is 24.5 Å². The Bertz CT molecular complexity index is 344. The summed E-state index contributed by atoms with van der Waals surface area (Å²) in [7, 11) is 0. The fourth-order valence-electron chi connectivity index (χ4n) is 3.03. The van der Waals surface area contributed by atoms with Gasteiger partial charge in [0.15, 0.2) is 11.9 Å². The summed E-state index contributed by atoms with van der Waals surface area (Å²) in [5, 5.41) is 0. The molecule has 0 N–H and O–H groups in total. The summed E-state index contributed by atoms with van der Waals surface area (Å²) in [5.74, 6) is 0.216. The molecule has 0 aromatic carbocycles. The standard InChI is InChI=1S/C21H36O2/c1-2-3-4-5-6-7-8-9-10-11-12-13-14-17-20(22)21-18-15-16-19-23-21/h15-16,18-19,21H,2-14,17H2,1H3. The first-order chi connectivity index (χ1) is 11.3. The van der Waals surface area contributed by atoms with Gasteiger partial charge in [-0.05, 0) is 18.6 Å². The van der Waals surface area contributed by atoms with Gasteiger partial charge in [-0.1, -0.05) is 90.0 Å². The first-order valence-corrected chi connectivity index (χ1v) is 9.86. The van der Waals surface area contributed by atoms with Gasteiger partial charge in [0.2, 0.25) is 0 Å². The number of carbonyl (C=O) groups is 1. The quantitative estimate of drug-likeness (QED) is 0.322. The molecule has 0 aromatic heterocycles. The molecule has 0 aromatic rings. The molecule has 0 aliphatic carbocycles. The lowest BCUT2D eigenvalue weighted by Gasteiger charge is -2.13. The molecule has 1 heterocycles. The molecule has 1 aliphatic rings. The van der Waals surface area contributed by atoms with Crippen LogP contribution < -0.4 is 0 Å². The molecule has 1 unspecified atom stereocenters. The van der Waals surface area contributed by atoms with E-state index in [1.165, 1.54) is 77.0 Å². The summed E-state index contributed by atoms with van der Waals surface area (Å²) >= 11 is 0. The molecule has 0 fully saturated rings. The maximum absolute atomic E-state index is 11.9. The van der Waals surface area contributed by atoms with Gasteiger partial charge in [0, 0.05) is 6.42 Å². The summed E-state index contributed by atoms with van der Waals surface area (Å²) < 4.78 is 5.29. The molecular weight excluding hydrogens is 284 g/mol. The highest BCUT2D eigenvalue weighted by Gasteiger charge is 2.15. The number of Topliss-reactive ketones (excluding diaryl/α,β-unsaturated/α-hetero) is 1. The SMILES string of the molecule is CCCCCCCCCCCCCCCC(=O)C1C=CC=CO1. The van der Waals surface area contributed by atoms with Crippen molar-refractivity contribution in [3.63, 3.8) is 0 Å². The minimum Gasteiger partial charge on any atom is -0.486 e. The Morgan fingerprint density at radius 3 is 1.78 bits per heavy atom. The van der Waals surface area contributed by atoms with Gasteiger partial charge in [-0.25, -0.2) is 0 Å². The summed E-state index contributed by atoms with van der Waals surface area (Å²) in [6.45, 7) is 2.27. The summed E-state index contributed by atoms with van der Waals surface area (Å²) in [4.78, 5) is 11.9. The number of unbranched alkanes of at least 4 members (excludes halogenated alkanes) is 12. The Labute approximate surface area is 143 Å². The van der Waals surface area contributed by atoms with Crippen LogP contribution >= 0.6 is 0 Å². The molecule has 0 radical (unpaired) electrons. The number of hydrogen-bond acceptors (Lipinski definition) is 2. The van der Waals surface area contributed by atoms with Crippen molar-refractivity contribution in [2.75, 3.05) is 0 Å². The van der Waals surface area contributed by atoms with E-state index in [1.54, 1.807) is 6.26 Å². The predicted molar refractivity (Wildman–Crippen MR) is 98.5 cm³/mol. The highest BCUT2D eigenvalue weighted by Crippen LogP contribution is 2.14. The fraction of sp³-hybridized carbons (Fsp3) is 0.762. The van der Waals surface area contributed by atoms with E-state index < -0.39 is 0 Å². The highest BCUT2D eigenvalue weighted by molar-refractivity contribution is 5.85. The zero-order chi connectivity index (χ0) is 16.6. The van der Waals surface area contributed by atoms with E-state index in [9.17, 15) is 4.79 Å². The van der Waals surface area contributed by atoms with Gasteiger partial charge in [-0.15, -0.1) is 0 Å². The lowest BCUT2D eigenvalue weighted by atomic mass is 10.0. The van der Waals surface area contributed by atoms with E-state index in [0.29, 0.717) is 6.42 Å². The van der Waals surface area contributed by atoms with Crippen molar-refractivity contribution in [2.24, 2.45) is 0 Å². The average Bonchev–Trinajstić information content (AvgIpc) is 2.59. The molecule has 1 rings (SSSR count). The van der Waals surface area contributed by atoms with E-state index >= 15 is 0 Å². The number of rotatable bonds is 15. The molecule has 23 heavy (non-hydrogen) atoms.